The van der Waals surface area contributed by atoms with Crippen LogP contribution in [0.3, 0.4) is 0 Å². The molecule has 2 aliphatic heterocycles. The molecule has 0 amide bonds. The third-order valence-electron chi connectivity index (χ3n) is 13.5. The molecule has 0 fully saturated rings. The van der Waals surface area contributed by atoms with E-state index >= 15 is 0 Å². The van der Waals surface area contributed by atoms with E-state index in [2.05, 4.69) is 240 Å². The average Bonchev–Trinajstić information content (AvgIpc) is 3.37. The summed E-state index contributed by atoms with van der Waals surface area (Å²) in [6.45, 7) is 0. The number of rotatable bonds is 6. The third kappa shape index (κ3) is 5.79. The number of ether oxygens (including phenoxy) is 2. The van der Waals surface area contributed by atoms with Crippen LogP contribution in [-0.4, -0.2) is 0 Å². The summed E-state index contributed by atoms with van der Waals surface area (Å²) in [6, 6.07) is 82.7. The lowest BCUT2D eigenvalue weighted by Gasteiger charge is -2.30. The van der Waals surface area contributed by atoms with Gasteiger partial charge >= 0.3 is 0 Å². The molecule has 4 nitrogen and oxygen atoms in total. The molecule has 0 saturated carbocycles. The van der Waals surface area contributed by atoms with E-state index in [0.29, 0.717) is 0 Å². The zero-order valence-electron chi connectivity index (χ0n) is 35.7. The van der Waals surface area contributed by atoms with Gasteiger partial charge in [0.25, 0.3) is 0 Å². The third-order valence-corrected chi connectivity index (χ3v) is 13.5. The minimum Gasteiger partial charge on any atom is -0.456 e. The van der Waals surface area contributed by atoms with Gasteiger partial charge in [0.2, 0.25) is 0 Å². The van der Waals surface area contributed by atoms with Crippen molar-refractivity contribution in [2.45, 2.75) is 0 Å². The molecule has 66 heavy (non-hydrogen) atoms. The first-order valence-corrected chi connectivity index (χ1v) is 22.5. The van der Waals surface area contributed by atoms with Gasteiger partial charge in [0.15, 0.2) is 0 Å². The summed E-state index contributed by atoms with van der Waals surface area (Å²) in [5.41, 5.74) is 10.7. The van der Waals surface area contributed by atoms with Crippen molar-refractivity contribution >= 4 is 88.0 Å². The Bertz CT molecular complexity index is 3570. The molecule has 2 aliphatic rings. The molecule has 0 atom stereocenters. The van der Waals surface area contributed by atoms with Gasteiger partial charge in [-0.1, -0.05) is 133 Å². The molecule has 0 saturated heterocycles. The van der Waals surface area contributed by atoms with Crippen LogP contribution in [0.2, 0.25) is 0 Å². The largest absolute Gasteiger partial charge is 0.456 e. The van der Waals surface area contributed by atoms with Crippen LogP contribution in [0.25, 0.3) is 76.1 Å². The number of anilines is 6. The smallest absolute Gasteiger partial charge is 0.137 e. The first-order valence-electron chi connectivity index (χ1n) is 22.5. The van der Waals surface area contributed by atoms with Gasteiger partial charge in [-0.2, -0.15) is 0 Å². The second kappa shape index (κ2) is 14.3. The standard InChI is InChI=1S/C62H38N2O2/c1-5-13-43-33-47(21-17-39(43)9-1)63(48-22-18-40-10-2-6-14-44(40)34-48)51-25-27-53-55-29-30-56-54-28-26-52(38-60(54)66-58-32-31-57(61(55)62(56)58)65-59(53)37-51)64(49-23-19-41-11-3-7-15-45(41)35-49)50-24-20-42-12-4-8-16-46(42)36-50/h1-38H. The van der Waals surface area contributed by atoms with E-state index < -0.39 is 0 Å². The molecule has 0 N–H and O–H groups in total. The molecule has 12 aromatic carbocycles. The average molecular weight is 843 g/mol. The summed E-state index contributed by atoms with van der Waals surface area (Å²) in [4.78, 5) is 4.66. The second-order valence-corrected chi connectivity index (χ2v) is 17.3. The number of benzene rings is 12. The van der Waals surface area contributed by atoms with E-state index in [9.17, 15) is 0 Å². The highest BCUT2D eigenvalue weighted by Crippen LogP contribution is 2.56. The van der Waals surface area contributed by atoms with Crippen LogP contribution in [0.1, 0.15) is 0 Å². The van der Waals surface area contributed by atoms with Crippen molar-refractivity contribution in [1.82, 2.24) is 0 Å². The van der Waals surface area contributed by atoms with Crippen LogP contribution >= 0.6 is 0 Å². The lowest BCUT2D eigenvalue weighted by atomic mass is 9.88. The van der Waals surface area contributed by atoms with Crippen LogP contribution in [0.15, 0.2) is 231 Å². The lowest BCUT2D eigenvalue weighted by Crippen LogP contribution is -2.11. The number of nitrogens with zero attached hydrogens (tertiary/aromatic N) is 2. The first-order chi connectivity index (χ1) is 32.7. The summed E-state index contributed by atoms with van der Waals surface area (Å²) in [5, 5.41) is 11.7. The molecule has 0 radical (unpaired) electrons. The summed E-state index contributed by atoms with van der Waals surface area (Å²) >= 11 is 0. The molecule has 0 bridgehead atoms. The van der Waals surface area contributed by atoms with Gasteiger partial charge < -0.3 is 19.3 Å². The maximum Gasteiger partial charge on any atom is 0.137 e. The molecule has 0 aromatic heterocycles. The molecular weight excluding hydrogens is 805 g/mol. The summed E-state index contributed by atoms with van der Waals surface area (Å²) < 4.78 is 13.9. The van der Waals surface area contributed by atoms with Crippen molar-refractivity contribution in [2.75, 3.05) is 9.80 Å². The second-order valence-electron chi connectivity index (χ2n) is 17.3. The van der Waals surface area contributed by atoms with Gasteiger partial charge in [-0.25, -0.2) is 0 Å². The predicted octanol–water partition coefficient (Wildman–Crippen LogP) is 17.9. The summed E-state index contributed by atoms with van der Waals surface area (Å²) in [7, 11) is 0. The highest BCUT2D eigenvalue weighted by atomic mass is 16.5. The van der Waals surface area contributed by atoms with Crippen molar-refractivity contribution in [3.63, 3.8) is 0 Å². The Morgan fingerprint density at radius 1 is 0.212 bits per heavy atom. The lowest BCUT2D eigenvalue weighted by molar-refractivity contribution is 0.475. The van der Waals surface area contributed by atoms with Crippen LogP contribution in [0.5, 0.6) is 23.0 Å². The minimum atomic E-state index is 0.818. The highest BCUT2D eigenvalue weighted by molar-refractivity contribution is 6.14. The van der Waals surface area contributed by atoms with E-state index in [0.717, 1.165) is 90.1 Å². The van der Waals surface area contributed by atoms with E-state index in [1.807, 2.05) is 0 Å². The number of fused-ring (bicyclic) bond motifs is 8. The van der Waals surface area contributed by atoms with Crippen molar-refractivity contribution < 1.29 is 9.47 Å². The fourth-order valence-corrected chi connectivity index (χ4v) is 10.4. The van der Waals surface area contributed by atoms with Gasteiger partial charge in [-0.05, 0) is 139 Å². The zero-order chi connectivity index (χ0) is 43.3. The number of hydrogen-bond acceptors (Lipinski definition) is 4. The predicted molar refractivity (Wildman–Crippen MR) is 274 cm³/mol. The van der Waals surface area contributed by atoms with Crippen LogP contribution < -0.4 is 19.3 Å². The van der Waals surface area contributed by atoms with E-state index in [-0.39, 0.29) is 0 Å². The topological polar surface area (TPSA) is 24.9 Å². The fraction of sp³-hybridized carbons (Fsp3) is 0. The van der Waals surface area contributed by atoms with Gasteiger partial charge in [0.1, 0.15) is 23.0 Å². The molecule has 4 heteroatoms. The maximum atomic E-state index is 6.94. The fourth-order valence-electron chi connectivity index (χ4n) is 10.4. The van der Waals surface area contributed by atoms with E-state index in [1.54, 1.807) is 0 Å². The molecule has 14 rings (SSSR count). The summed E-state index contributed by atoms with van der Waals surface area (Å²) in [5.74, 6) is 3.28. The van der Waals surface area contributed by atoms with Gasteiger partial charge in [0, 0.05) is 68.2 Å². The summed E-state index contributed by atoms with van der Waals surface area (Å²) in [6.07, 6.45) is 0. The van der Waals surface area contributed by atoms with Crippen LogP contribution in [0.4, 0.5) is 34.1 Å². The van der Waals surface area contributed by atoms with Crippen molar-refractivity contribution in [3.8, 4) is 45.3 Å². The molecule has 12 aromatic rings. The van der Waals surface area contributed by atoms with Gasteiger partial charge in [0.05, 0.1) is 0 Å². The van der Waals surface area contributed by atoms with Crippen molar-refractivity contribution in [2.24, 2.45) is 0 Å². The first kappa shape index (κ1) is 36.6. The van der Waals surface area contributed by atoms with Gasteiger partial charge in [-0.15, -0.1) is 0 Å². The van der Waals surface area contributed by atoms with E-state index in [1.165, 1.54) is 43.1 Å². The van der Waals surface area contributed by atoms with Crippen LogP contribution in [-0.2, 0) is 0 Å². The Morgan fingerprint density at radius 3 is 0.818 bits per heavy atom. The molecular formula is C62H38N2O2. The zero-order valence-corrected chi connectivity index (χ0v) is 35.7. The molecule has 308 valence electrons. The molecule has 0 aliphatic carbocycles. The molecule has 0 spiro atoms. The Hall–Kier alpha value is -8.86. The van der Waals surface area contributed by atoms with E-state index in [4.69, 9.17) is 9.47 Å². The Balaban J connectivity index is 0.871. The quantitative estimate of drug-likeness (QED) is 0.166. The van der Waals surface area contributed by atoms with Crippen LogP contribution in [0, 0.1) is 0 Å². The molecule has 2 heterocycles. The minimum absolute atomic E-state index is 0.818. The Kier molecular flexibility index (Phi) is 7.95. The van der Waals surface area contributed by atoms with Crippen molar-refractivity contribution in [1.29, 1.82) is 0 Å². The van der Waals surface area contributed by atoms with Crippen molar-refractivity contribution in [3.05, 3.63) is 231 Å². The SMILES string of the molecule is c1ccc2cc(N(c3ccc4c(c3)Oc3ccc5c6c(ccc-4c36)-c3ccc(N(c4ccc6ccccc6c4)c4ccc6ccccc6c4)cc3O5)c3ccc4ccccc4c3)ccc2c1. The normalized spacial score (nSPS) is 12.2. The maximum absolute atomic E-state index is 6.94. The van der Waals surface area contributed by atoms with Gasteiger partial charge in [-0.3, -0.25) is 0 Å². The highest BCUT2D eigenvalue weighted by Gasteiger charge is 2.29. The monoisotopic (exact) mass is 842 g/mol. The molecule has 0 unspecified atom stereocenters. The Morgan fingerprint density at radius 2 is 0.485 bits per heavy atom. The Labute approximate surface area is 381 Å². The number of hydrogen-bond donors (Lipinski definition) is 0.